The molecule has 9 nitrogen and oxygen atoms in total. The van der Waals surface area contributed by atoms with Crippen LogP contribution in [0, 0.1) is 0 Å². The van der Waals surface area contributed by atoms with Crippen LogP contribution in [0.15, 0.2) is 59.5 Å². The van der Waals surface area contributed by atoms with Gasteiger partial charge in [-0.05, 0) is 43.7 Å². The molecule has 1 amide bonds. The van der Waals surface area contributed by atoms with Crippen LogP contribution in [0.5, 0.6) is 5.75 Å². The fraction of sp³-hybridized carbons (Fsp3) is 0.391. The molecule has 1 atom stereocenters. The van der Waals surface area contributed by atoms with Gasteiger partial charge in [0.2, 0.25) is 10.0 Å². The number of hydrogen-bond acceptors (Lipinski definition) is 7. The third kappa shape index (κ3) is 7.28. The van der Waals surface area contributed by atoms with Crippen molar-refractivity contribution < 1.29 is 32.2 Å². The molecule has 1 N–H and O–H groups in total. The van der Waals surface area contributed by atoms with Gasteiger partial charge in [0.15, 0.2) is 6.10 Å². The van der Waals surface area contributed by atoms with Gasteiger partial charge in [-0.1, -0.05) is 24.3 Å². The summed E-state index contributed by atoms with van der Waals surface area (Å²) in [5.41, 5.74) is 0.300. The zero-order chi connectivity index (χ0) is 23.7. The van der Waals surface area contributed by atoms with Crippen molar-refractivity contribution in [3.8, 4) is 5.75 Å². The maximum atomic E-state index is 12.8. The van der Waals surface area contributed by atoms with Gasteiger partial charge in [0.25, 0.3) is 5.91 Å². The van der Waals surface area contributed by atoms with Crippen LogP contribution >= 0.6 is 0 Å². The first-order chi connectivity index (χ1) is 15.9. The number of anilines is 1. The van der Waals surface area contributed by atoms with E-state index >= 15 is 0 Å². The van der Waals surface area contributed by atoms with Gasteiger partial charge < -0.3 is 19.5 Å². The Labute approximate surface area is 193 Å². The maximum Gasteiger partial charge on any atom is 0.306 e. The minimum atomic E-state index is -3.69. The zero-order valence-corrected chi connectivity index (χ0v) is 19.3. The summed E-state index contributed by atoms with van der Waals surface area (Å²) in [7, 11) is -3.69. The highest BCUT2D eigenvalue weighted by Gasteiger charge is 2.27. The lowest BCUT2D eigenvalue weighted by Gasteiger charge is -2.26. The van der Waals surface area contributed by atoms with Gasteiger partial charge in [0, 0.05) is 25.2 Å². The van der Waals surface area contributed by atoms with Crippen LogP contribution in [-0.2, 0) is 29.1 Å². The highest BCUT2D eigenvalue weighted by atomic mass is 32.2. The molecule has 0 aromatic heterocycles. The Hall–Kier alpha value is -2.95. The number of hydrogen-bond donors (Lipinski definition) is 1. The second-order valence-corrected chi connectivity index (χ2v) is 9.37. The first-order valence-electron chi connectivity index (χ1n) is 10.7. The fourth-order valence-corrected chi connectivity index (χ4v) is 4.60. The predicted molar refractivity (Wildman–Crippen MR) is 121 cm³/mol. The minimum Gasteiger partial charge on any atom is -0.494 e. The lowest BCUT2D eigenvalue weighted by Crippen LogP contribution is -2.40. The number of para-hydroxylation sites is 1. The first kappa shape index (κ1) is 24.7. The molecule has 2 aromatic carbocycles. The smallest absolute Gasteiger partial charge is 0.306 e. The molecule has 178 valence electrons. The number of benzene rings is 2. The van der Waals surface area contributed by atoms with E-state index in [1.165, 1.54) is 23.4 Å². The second kappa shape index (κ2) is 11.8. The van der Waals surface area contributed by atoms with E-state index in [0.717, 1.165) is 5.75 Å². The molecule has 3 rings (SSSR count). The number of carbonyl (C=O) groups is 2. The Balaban J connectivity index is 1.47. The number of nitrogens with zero attached hydrogens (tertiary/aromatic N) is 1. The first-order valence-corrected chi connectivity index (χ1v) is 12.2. The summed E-state index contributed by atoms with van der Waals surface area (Å²) in [6.45, 7) is 3.06. The monoisotopic (exact) mass is 476 g/mol. The Bertz CT molecular complexity index is 1040. The van der Waals surface area contributed by atoms with E-state index in [4.69, 9.17) is 14.2 Å². The van der Waals surface area contributed by atoms with Crippen LogP contribution in [-0.4, -0.2) is 63.6 Å². The highest BCUT2D eigenvalue weighted by molar-refractivity contribution is 7.89. The molecular formula is C23H28N2O7S. The number of amides is 1. The van der Waals surface area contributed by atoms with Gasteiger partial charge in [-0.25, -0.2) is 8.42 Å². The van der Waals surface area contributed by atoms with E-state index in [-0.39, 0.29) is 24.4 Å². The van der Waals surface area contributed by atoms with Crippen molar-refractivity contribution in [3.05, 3.63) is 54.6 Å². The Morgan fingerprint density at radius 1 is 1.09 bits per heavy atom. The summed E-state index contributed by atoms with van der Waals surface area (Å²) in [5, 5.41) is 2.60. The molecule has 0 bridgehead atoms. The molecule has 0 saturated carbocycles. The molecule has 10 heteroatoms. The summed E-state index contributed by atoms with van der Waals surface area (Å²) < 4.78 is 42.9. The molecule has 2 aromatic rings. The zero-order valence-electron chi connectivity index (χ0n) is 18.4. The highest BCUT2D eigenvalue weighted by Crippen LogP contribution is 2.21. The Morgan fingerprint density at radius 3 is 2.55 bits per heavy atom. The quantitative estimate of drug-likeness (QED) is 0.414. The molecule has 1 unspecified atom stereocenters. The Morgan fingerprint density at radius 2 is 1.82 bits per heavy atom. The molecule has 0 radical (unpaired) electrons. The predicted octanol–water partition coefficient (Wildman–Crippen LogP) is 2.44. The van der Waals surface area contributed by atoms with Gasteiger partial charge in [0.05, 0.1) is 24.7 Å². The summed E-state index contributed by atoms with van der Waals surface area (Å²) in [5.74, 6) is -0.348. The number of ether oxygens (including phenoxy) is 3. The molecule has 0 spiro atoms. The van der Waals surface area contributed by atoms with E-state index in [0.29, 0.717) is 31.9 Å². The van der Waals surface area contributed by atoms with E-state index in [1.54, 1.807) is 12.1 Å². The van der Waals surface area contributed by atoms with Crippen LogP contribution in [0.4, 0.5) is 5.69 Å². The SMILES string of the molecule is CC(OC(=O)CCCOc1ccccc1)C(=O)Nc1cccc(S(=O)(=O)N2CCOCC2)c1. The number of rotatable bonds is 10. The van der Waals surface area contributed by atoms with Crippen LogP contribution in [0.25, 0.3) is 0 Å². The molecule has 1 aliphatic rings. The average Bonchev–Trinajstić information content (AvgIpc) is 2.83. The van der Waals surface area contributed by atoms with Crippen LogP contribution in [0.2, 0.25) is 0 Å². The van der Waals surface area contributed by atoms with Crippen molar-refractivity contribution in [2.24, 2.45) is 0 Å². The largest absolute Gasteiger partial charge is 0.494 e. The number of morpholine rings is 1. The lowest BCUT2D eigenvalue weighted by molar-refractivity contribution is -0.153. The van der Waals surface area contributed by atoms with Crippen LogP contribution in [0.1, 0.15) is 19.8 Å². The van der Waals surface area contributed by atoms with Crippen molar-refractivity contribution in [1.29, 1.82) is 0 Å². The molecule has 0 aliphatic carbocycles. The van der Waals surface area contributed by atoms with Crippen molar-refractivity contribution in [2.75, 3.05) is 38.2 Å². The fourth-order valence-electron chi connectivity index (χ4n) is 3.15. The summed E-state index contributed by atoms with van der Waals surface area (Å²) >= 11 is 0. The van der Waals surface area contributed by atoms with Crippen LogP contribution < -0.4 is 10.1 Å². The average molecular weight is 477 g/mol. The van der Waals surface area contributed by atoms with Gasteiger partial charge in [-0.15, -0.1) is 0 Å². The van der Waals surface area contributed by atoms with Gasteiger partial charge in [-0.3, -0.25) is 9.59 Å². The van der Waals surface area contributed by atoms with E-state index in [2.05, 4.69) is 5.32 Å². The minimum absolute atomic E-state index is 0.0743. The van der Waals surface area contributed by atoms with E-state index in [1.807, 2.05) is 30.3 Å². The molecule has 1 aliphatic heterocycles. The molecular weight excluding hydrogens is 448 g/mol. The maximum absolute atomic E-state index is 12.8. The molecule has 1 saturated heterocycles. The number of esters is 1. The Kier molecular flexibility index (Phi) is 8.81. The molecule has 1 heterocycles. The number of nitrogens with one attached hydrogen (secondary N) is 1. The van der Waals surface area contributed by atoms with Gasteiger partial charge in [0.1, 0.15) is 5.75 Å². The summed E-state index contributed by atoms with van der Waals surface area (Å²) in [4.78, 5) is 24.5. The van der Waals surface area contributed by atoms with Gasteiger partial charge >= 0.3 is 5.97 Å². The van der Waals surface area contributed by atoms with Crippen molar-refractivity contribution >= 4 is 27.6 Å². The standard InChI is InChI=1S/C23H28N2O7S/c1-18(32-22(26)11-6-14-31-20-8-3-2-4-9-20)23(27)24-19-7-5-10-21(17-19)33(28,29)25-12-15-30-16-13-25/h2-5,7-10,17-18H,6,11-16H2,1H3,(H,24,27). The third-order valence-electron chi connectivity index (χ3n) is 4.92. The van der Waals surface area contributed by atoms with Crippen molar-refractivity contribution in [1.82, 2.24) is 4.31 Å². The molecule has 33 heavy (non-hydrogen) atoms. The number of carbonyl (C=O) groups excluding carboxylic acids is 2. The third-order valence-corrected chi connectivity index (χ3v) is 6.82. The summed E-state index contributed by atoms with van der Waals surface area (Å²) in [6, 6.07) is 15.2. The van der Waals surface area contributed by atoms with Crippen molar-refractivity contribution in [3.63, 3.8) is 0 Å². The second-order valence-electron chi connectivity index (χ2n) is 7.43. The van der Waals surface area contributed by atoms with Crippen molar-refractivity contribution in [2.45, 2.75) is 30.8 Å². The van der Waals surface area contributed by atoms with E-state index < -0.39 is 28.0 Å². The molecule has 1 fully saturated rings. The van der Waals surface area contributed by atoms with E-state index in [9.17, 15) is 18.0 Å². The lowest BCUT2D eigenvalue weighted by atomic mass is 10.3. The topological polar surface area (TPSA) is 111 Å². The normalized spacial score (nSPS) is 15.4. The van der Waals surface area contributed by atoms with Crippen LogP contribution in [0.3, 0.4) is 0 Å². The number of sulfonamides is 1. The summed E-state index contributed by atoms with van der Waals surface area (Å²) in [6.07, 6.45) is -0.478. The van der Waals surface area contributed by atoms with Gasteiger partial charge in [-0.2, -0.15) is 4.31 Å².